The van der Waals surface area contributed by atoms with Gasteiger partial charge >= 0.3 is 0 Å². The molecule has 0 atom stereocenters. The Labute approximate surface area is 161 Å². The first-order valence-electron chi connectivity index (χ1n) is 8.87. The van der Waals surface area contributed by atoms with Crippen LogP contribution in [-0.2, 0) is 9.59 Å². The minimum Gasteiger partial charge on any atom is -0.366 e. The first kappa shape index (κ1) is 17.7. The van der Waals surface area contributed by atoms with Gasteiger partial charge in [0.2, 0.25) is 0 Å². The van der Waals surface area contributed by atoms with E-state index in [1.807, 2.05) is 11.8 Å². The van der Waals surface area contributed by atoms with E-state index in [0.717, 1.165) is 36.4 Å². The fourth-order valence-corrected chi connectivity index (χ4v) is 3.76. The molecule has 2 aromatic carbocycles. The van der Waals surface area contributed by atoms with Crippen LogP contribution in [0.15, 0.2) is 48.2 Å². The lowest BCUT2D eigenvalue weighted by atomic mass is 10.0. The molecule has 27 heavy (non-hydrogen) atoms. The summed E-state index contributed by atoms with van der Waals surface area (Å²) in [5.74, 6) is -1.16. The van der Waals surface area contributed by atoms with E-state index in [-0.39, 0.29) is 11.7 Å². The number of aryl methyl sites for hydroxylation is 1. The normalized spacial score (nSPS) is 17.4. The van der Waals surface area contributed by atoms with E-state index >= 15 is 0 Å². The Morgan fingerprint density at radius 1 is 0.963 bits per heavy atom. The molecule has 0 aromatic heterocycles. The Balaban J connectivity index is 1.83. The molecule has 0 spiro atoms. The quantitative estimate of drug-likeness (QED) is 0.746. The molecule has 0 unspecified atom stereocenters. The smallest absolute Gasteiger partial charge is 0.282 e. The number of likely N-dealkylation sites (tertiary alicyclic amines) is 1. The standard InChI is InChI=1S/C21H18ClFN2O2/c1-13-4-9-16(12-17(13)22)25-20(26)18(14-5-7-15(23)8-6-14)19(21(25)27)24-10-2-3-11-24/h4-9,12H,2-3,10-11H2,1H3. The maximum absolute atomic E-state index is 13.4. The highest BCUT2D eigenvalue weighted by molar-refractivity contribution is 6.45. The summed E-state index contributed by atoms with van der Waals surface area (Å²) in [6, 6.07) is 10.8. The highest BCUT2D eigenvalue weighted by atomic mass is 35.5. The first-order chi connectivity index (χ1) is 13.0. The molecule has 6 heteroatoms. The fourth-order valence-electron chi connectivity index (χ4n) is 3.58. The van der Waals surface area contributed by atoms with Crippen molar-refractivity contribution in [3.05, 3.63) is 70.1 Å². The van der Waals surface area contributed by atoms with Crippen LogP contribution >= 0.6 is 11.6 Å². The van der Waals surface area contributed by atoms with Crippen LogP contribution in [0.2, 0.25) is 5.02 Å². The molecule has 2 amide bonds. The molecule has 0 N–H and O–H groups in total. The topological polar surface area (TPSA) is 40.6 Å². The van der Waals surface area contributed by atoms with Gasteiger partial charge in [0, 0.05) is 18.1 Å². The highest BCUT2D eigenvalue weighted by Crippen LogP contribution is 2.37. The molecule has 4 nitrogen and oxygen atoms in total. The van der Waals surface area contributed by atoms with Crippen molar-refractivity contribution >= 4 is 34.7 Å². The number of anilines is 1. The van der Waals surface area contributed by atoms with Crippen molar-refractivity contribution in [3.8, 4) is 0 Å². The van der Waals surface area contributed by atoms with E-state index in [2.05, 4.69) is 0 Å². The summed E-state index contributed by atoms with van der Waals surface area (Å²) in [6.45, 7) is 3.31. The molecule has 2 aromatic rings. The van der Waals surface area contributed by atoms with E-state index in [9.17, 15) is 14.0 Å². The van der Waals surface area contributed by atoms with Gasteiger partial charge in [-0.05, 0) is 55.2 Å². The van der Waals surface area contributed by atoms with Gasteiger partial charge in [-0.15, -0.1) is 0 Å². The van der Waals surface area contributed by atoms with Crippen molar-refractivity contribution in [1.29, 1.82) is 0 Å². The molecule has 0 bridgehead atoms. The zero-order valence-electron chi connectivity index (χ0n) is 14.8. The summed E-state index contributed by atoms with van der Waals surface area (Å²) >= 11 is 6.21. The Bertz CT molecular complexity index is 963. The number of nitrogens with zero attached hydrogens (tertiary/aromatic N) is 2. The number of hydrogen-bond donors (Lipinski definition) is 0. The van der Waals surface area contributed by atoms with E-state index in [1.165, 1.54) is 24.3 Å². The Hall–Kier alpha value is -2.66. The lowest BCUT2D eigenvalue weighted by molar-refractivity contribution is -0.120. The molecule has 1 fully saturated rings. The van der Waals surface area contributed by atoms with Crippen LogP contribution < -0.4 is 4.90 Å². The van der Waals surface area contributed by atoms with E-state index in [0.29, 0.717) is 27.5 Å². The Kier molecular flexibility index (Phi) is 4.48. The number of benzene rings is 2. The molecular formula is C21H18ClFN2O2. The van der Waals surface area contributed by atoms with Gasteiger partial charge < -0.3 is 4.90 Å². The number of carbonyl (C=O) groups excluding carboxylic acids is 2. The van der Waals surface area contributed by atoms with Gasteiger partial charge in [0.05, 0.1) is 11.3 Å². The minimum absolute atomic E-state index is 0.318. The number of rotatable bonds is 3. The number of halogens is 2. The van der Waals surface area contributed by atoms with Crippen molar-refractivity contribution in [2.45, 2.75) is 19.8 Å². The summed E-state index contributed by atoms with van der Waals surface area (Å²) in [6.07, 6.45) is 1.94. The first-order valence-corrected chi connectivity index (χ1v) is 9.25. The van der Waals surface area contributed by atoms with Gasteiger partial charge in [0.25, 0.3) is 11.8 Å². The average molecular weight is 385 g/mol. The molecule has 0 saturated carbocycles. The average Bonchev–Trinajstić information content (AvgIpc) is 3.25. The molecule has 2 heterocycles. The number of amides is 2. The van der Waals surface area contributed by atoms with Gasteiger partial charge in [-0.25, -0.2) is 9.29 Å². The third-order valence-electron chi connectivity index (χ3n) is 5.03. The largest absolute Gasteiger partial charge is 0.366 e. The van der Waals surface area contributed by atoms with Crippen LogP contribution in [0.5, 0.6) is 0 Å². The SMILES string of the molecule is Cc1ccc(N2C(=O)C(c3ccc(F)cc3)=C(N3CCCC3)C2=O)cc1Cl. The summed E-state index contributed by atoms with van der Waals surface area (Å²) < 4.78 is 13.4. The molecule has 0 radical (unpaired) electrons. The van der Waals surface area contributed by atoms with Crippen molar-refractivity contribution in [2.24, 2.45) is 0 Å². The van der Waals surface area contributed by atoms with Gasteiger partial charge in [-0.2, -0.15) is 0 Å². The monoisotopic (exact) mass is 384 g/mol. The minimum atomic E-state index is -0.409. The molecular weight excluding hydrogens is 367 g/mol. The van der Waals surface area contributed by atoms with E-state index < -0.39 is 5.91 Å². The second-order valence-electron chi connectivity index (χ2n) is 6.80. The predicted octanol–water partition coefficient (Wildman–Crippen LogP) is 4.17. The van der Waals surface area contributed by atoms with Crippen molar-refractivity contribution in [3.63, 3.8) is 0 Å². The van der Waals surface area contributed by atoms with Crippen LogP contribution in [0.4, 0.5) is 10.1 Å². The zero-order valence-corrected chi connectivity index (χ0v) is 15.6. The lowest BCUT2D eigenvalue weighted by Gasteiger charge is -2.20. The summed E-state index contributed by atoms with van der Waals surface area (Å²) in [4.78, 5) is 29.6. The third-order valence-corrected chi connectivity index (χ3v) is 5.44. The molecule has 2 aliphatic heterocycles. The molecule has 138 valence electrons. The van der Waals surface area contributed by atoms with Crippen LogP contribution in [-0.4, -0.2) is 29.8 Å². The Morgan fingerprint density at radius 3 is 2.26 bits per heavy atom. The molecule has 4 rings (SSSR count). The van der Waals surface area contributed by atoms with Gasteiger partial charge in [-0.1, -0.05) is 29.8 Å². The number of carbonyl (C=O) groups is 2. The van der Waals surface area contributed by atoms with Gasteiger partial charge in [-0.3, -0.25) is 9.59 Å². The van der Waals surface area contributed by atoms with Crippen molar-refractivity contribution in [2.75, 3.05) is 18.0 Å². The fraction of sp³-hybridized carbons (Fsp3) is 0.238. The molecule has 0 aliphatic carbocycles. The van der Waals surface area contributed by atoms with E-state index in [4.69, 9.17) is 11.6 Å². The van der Waals surface area contributed by atoms with Gasteiger partial charge in [0.1, 0.15) is 11.5 Å². The van der Waals surface area contributed by atoms with Crippen LogP contribution in [0, 0.1) is 12.7 Å². The summed E-state index contributed by atoms with van der Waals surface area (Å²) in [5.41, 5.74) is 2.55. The maximum Gasteiger partial charge on any atom is 0.282 e. The lowest BCUT2D eigenvalue weighted by Crippen LogP contribution is -2.34. The number of imide groups is 1. The molecule has 1 saturated heterocycles. The van der Waals surface area contributed by atoms with Crippen molar-refractivity contribution in [1.82, 2.24) is 4.90 Å². The van der Waals surface area contributed by atoms with E-state index in [1.54, 1.807) is 18.2 Å². The molecule has 2 aliphatic rings. The second kappa shape index (κ2) is 6.82. The van der Waals surface area contributed by atoms with Crippen LogP contribution in [0.1, 0.15) is 24.0 Å². The van der Waals surface area contributed by atoms with Gasteiger partial charge in [0.15, 0.2) is 0 Å². The zero-order chi connectivity index (χ0) is 19.1. The highest BCUT2D eigenvalue weighted by Gasteiger charge is 2.43. The number of hydrogen-bond acceptors (Lipinski definition) is 3. The summed E-state index contributed by atoms with van der Waals surface area (Å²) in [5, 5.41) is 0.492. The second-order valence-corrected chi connectivity index (χ2v) is 7.21. The van der Waals surface area contributed by atoms with Crippen LogP contribution in [0.25, 0.3) is 5.57 Å². The van der Waals surface area contributed by atoms with Crippen LogP contribution in [0.3, 0.4) is 0 Å². The van der Waals surface area contributed by atoms with Crippen molar-refractivity contribution < 1.29 is 14.0 Å². The third kappa shape index (κ3) is 3.02. The predicted molar refractivity (Wildman–Crippen MR) is 103 cm³/mol. The summed E-state index contributed by atoms with van der Waals surface area (Å²) in [7, 11) is 0. The maximum atomic E-state index is 13.4. The Morgan fingerprint density at radius 2 is 1.63 bits per heavy atom.